The van der Waals surface area contributed by atoms with E-state index in [4.69, 9.17) is 4.74 Å². The molecular weight excluding hydrogens is 569 g/mol. The van der Waals surface area contributed by atoms with E-state index >= 15 is 0 Å². The van der Waals surface area contributed by atoms with Crippen molar-refractivity contribution in [3.63, 3.8) is 0 Å². The maximum absolute atomic E-state index is 6.44. The Hall–Kier alpha value is -2.98. The molecule has 1 aromatic carbocycles. The van der Waals surface area contributed by atoms with Crippen molar-refractivity contribution in [3.8, 4) is 0 Å². The maximum Gasteiger partial charge on any atom is 0.200 e. The first-order valence-corrected chi connectivity index (χ1v) is 18.3. The number of hydrogen-bond donors (Lipinski definition) is 0. The summed E-state index contributed by atoms with van der Waals surface area (Å²) >= 11 is 1.86. The standard InChI is InChI=1S/C28H37NOS.C11H17N.C2H6/c1-5-7-8-10-21-17-22(20-28(3,4)19-21)18-27-29(6-2)24-14-12-23(13-15-25(24)30-27)26-11-9-16-31-26;1-5-12(4)11-7-6-9(2)8-10(11)3;1-2/h9-11,13,15-18,23H,5-8,12,14,19-20H2,1-4H3;6-8H,5H2,1-4H3;1-2H3/b21-10-,27-18-;;. The summed E-state index contributed by atoms with van der Waals surface area (Å²) in [6.45, 7) is 21.7. The molecule has 1 aliphatic heterocycles. The number of hydrogen-bond acceptors (Lipinski definition) is 4. The average molecular weight is 629 g/mol. The molecule has 0 fully saturated rings. The van der Waals surface area contributed by atoms with Crippen LogP contribution >= 0.6 is 11.3 Å². The topological polar surface area (TPSA) is 15.7 Å². The van der Waals surface area contributed by atoms with Crippen LogP contribution in [-0.2, 0) is 4.74 Å². The van der Waals surface area contributed by atoms with Crippen LogP contribution in [0.2, 0.25) is 0 Å². The molecule has 1 aromatic heterocycles. The van der Waals surface area contributed by atoms with Crippen molar-refractivity contribution in [2.75, 3.05) is 25.0 Å². The molecular formula is C41H60N2OS. The Balaban J connectivity index is 0.000000331. The van der Waals surface area contributed by atoms with Crippen LogP contribution in [0.3, 0.4) is 0 Å². The molecule has 3 nitrogen and oxygen atoms in total. The van der Waals surface area contributed by atoms with Gasteiger partial charge in [0.05, 0.1) is 5.70 Å². The zero-order chi connectivity index (χ0) is 33.0. The highest BCUT2D eigenvalue weighted by Crippen LogP contribution is 2.42. The molecule has 4 heteroatoms. The van der Waals surface area contributed by atoms with Crippen molar-refractivity contribution in [1.82, 2.24) is 4.90 Å². The number of ether oxygens (including phenoxy) is 1. The second kappa shape index (κ2) is 17.6. The fourth-order valence-electron chi connectivity index (χ4n) is 6.45. The quantitative estimate of drug-likeness (QED) is 0.271. The van der Waals surface area contributed by atoms with Crippen molar-refractivity contribution in [3.05, 3.63) is 111 Å². The van der Waals surface area contributed by atoms with Gasteiger partial charge in [-0.1, -0.05) is 95.0 Å². The number of thiophene rings is 1. The first-order chi connectivity index (χ1) is 21.6. The molecule has 0 radical (unpaired) electrons. The SMILES string of the molecule is CC.CCCC/C=C1C=C(/C=C2\OC3=C(CCC(c4cccs4)C=C3)N2CC)CC(C)(C)C/1.CCN(C)c1ccc(C)cc1C. The third-order valence-corrected chi connectivity index (χ3v) is 9.74. The third-order valence-electron chi connectivity index (χ3n) is 8.73. The molecule has 3 aliphatic rings. The molecule has 0 amide bonds. The van der Waals surface area contributed by atoms with Gasteiger partial charge < -0.3 is 14.5 Å². The van der Waals surface area contributed by atoms with E-state index in [1.54, 1.807) is 0 Å². The molecule has 1 unspecified atom stereocenters. The smallest absolute Gasteiger partial charge is 0.200 e. The Morgan fingerprint density at radius 3 is 2.51 bits per heavy atom. The lowest BCUT2D eigenvalue weighted by molar-refractivity contribution is 0.255. The predicted octanol–water partition coefficient (Wildman–Crippen LogP) is 12.2. The number of allylic oxidation sites excluding steroid dienone is 8. The number of benzene rings is 1. The van der Waals surface area contributed by atoms with Crippen LogP contribution in [0, 0.1) is 19.3 Å². The summed E-state index contributed by atoms with van der Waals surface area (Å²) in [4.78, 5) is 6.10. The highest BCUT2D eigenvalue weighted by Gasteiger charge is 2.31. The van der Waals surface area contributed by atoms with Gasteiger partial charge in [0.15, 0.2) is 0 Å². The first-order valence-electron chi connectivity index (χ1n) is 17.4. The molecule has 1 atom stereocenters. The number of aryl methyl sites for hydroxylation is 2. The minimum Gasteiger partial charge on any atom is -0.439 e. The third kappa shape index (κ3) is 10.3. The van der Waals surface area contributed by atoms with Gasteiger partial charge in [-0.3, -0.25) is 0 Å². The lowest BCUT2D eigenvalue weighted by Gasteiger charge is -2.31. The molecule has 45 heavy (non-hydrogen) atoms. The molecule has 2 heterocycles. The van der Waals surface area contributed by atoms with E-state index in [0.717, 1.165) is 44.0 Å². The van der Waals surface area contributed by atoms with Gasteiger partial charge in [-0.2, -0.15) is 0 Å². The van der Waals surface area contributed by atoms with E-state index in [1.807, 2.05) is 25.2 Å². The monoisotopic (exact) mass is 628 g/mol. The lowest BCUT2D eigenvalue weighted by atomic mass is 9.75. The summed E-state index contributed by atoms with van der Waals surface area (Å²) in [5.74, 6) is 2.54. The van der Waals surface area contributed by atoms with Crippen molar-refractivity contribution < 1.29 is 4.74 Å². The Morgan fingerprint density at radius 2 is 1.87 bits per heavy atom. The molecule has 0 saturated carbocycles. The summed E-state index contributed by atoms with van der Waals surface area (Å²) in [6, 6.07) is 11.0. The van der Waals surface area contributed by atoms with Gasteiger partial charge in [0, 0.05) is 42.7 Å². The van der Waals surface area contributed by atoms with Gasteiger partial charge >= 0.3 is 0 Å². The van der Waals surface area contributed by atoms with E-state index < -0.39 is 0 Å². The summed E-state index contributed by atoms with van der Waals surface area (Å²) < 4.78 is 6.44. The van der Waals surface area contributed by atoms with Gasteiger partial charge in [-0.05, 0) is 99.9 Å². The highest BCUT2D eigenvalue weighted by molar-refractivity contribution is 7.10. The molecule has 5 rings (SSSR count). The minimum atomic E-state index is 0.299. The van der Waals surface area contributed by atoms with Crippen LogP contribution in [0.4, 0.5) is 5.69 Å². The highest BCUT2D eigenvalue weighted by atomic mass is 32.1. The summed E-state index contributed by atoms with van der Waals surface area (Å²) in [5.41, 5.74) is 8.56. The second-order valence-corrected chi connectivity index (χ2v) is 14.1. The number of rotatable bonds is 8. The normalized spacial score (nSPS) is 20.4. The van der Waals surface area contributed by atoms with Gasteiger partial charge in [-0.25, -0.2) is 0 Å². The van der Waals surface area contributed by atoms with E-state index in [-0.39, 0.29) is 0 Å². The molecule has 0 bridgehead atoms. The van der Waals surface area contributed by atoms with Gasteiger partial charge in [-0.15, -0.1) is 11.3 Å². The second-order valence-electron chi connectivity index (χ2n) is 13.1. The van der Waals surface area contributed by atoms with Gasteiger partial charge in [0.2, 0.25) is 5.88 Å². The van der Waals surface area contributed by atoms with Crippen molar-refractivity contribution in [2.24, 2.45) is 5.41 Å². The first kappa shape index (κ1) is 36.5. The molecule has 0 saturated heterocycles. The Morgan fingerprint density at radius 1 is 1.09 bits per heavy atom. The lowest BCUT2D eigenvalue weighted by Crippen LogP contribution is -2.20. The summed E-state index contributed by atoms with van der Waals surface area (Å²) in [7, 11) is 2.12. The van der Waals surface area contributed by atoms with Crippen LogP contribution in [0.15, 0.2) is 94.6 Å². The van der Waals surface area contributed by atoms with Gasteiger partial charge in [0.1, 0.15) is 5.76 Å². The Kier molecular flexibility index (Phi) is 14.3. The van der Waals surface area contributed by atoms with Crippen LogP contribution in [0.5, 0.6) is 0 Å². The van der Waals surface area contributed by atoms with Gasteiger partial charge in [0.25, 0.3) is 0 Å². The minimum absolute atomic E-state index is 0.299. The van der Waals surface area contributed by atoms with Crippen LogP contribution in [0.25, 0.3) is 0 Å². The Bertz CT molecular complexity index is 1370. The largest absolute Gasteiger partial charge is 0.439 e. The van der Waals surface area contributed by atoms with Crippen molar-refractivity contribution >= 4 is 17.0 Å². The Labute approximate surface area is 280 Å². The van der Waals surface area contributed by atoms with Crippen LogP contribution in [-0.4, -0.2) is 25.0 Å². The predicted molar refractivity (Wildman–Crippen MR) is 199 cm³/mol. The summed E-state index contributed by atoms with van der Waals surface area (Å²) in [6.07, 6.45) is 19.9. The van der Waals surface area contributed by atoms with E-state index in [1.165, 1.54) is 64.2 Å². The zero-order valence-electron chi connectivity index (χ0n) is 30.0. The molecule has 2 aromatic rings. The fourth-order valence-corrected chi connectivity index (χ4v) is 7.29. The van der Waals surface area contributed by atoms with E-state index in [0.29, 0.717) is 11.3 Å². The van der Waals surface area contributed by atoms with Crippen molar-refractivity contribution in [1.29, 1.82) is 0 Å². The van der Waals surface area contributed by atoms with Crippen LogP contribution in [0.1, 0.15) is 115 Å². The molecule has 2 aliphatic carbocycles. The average Bonchev–Trinajstić information content (AvgIpc) is 3.61. The summed E-state index contributed by atoms with van der Waals surface area (Å²) in [5, 5.41) is 2.18. The molecule has 0 N–H and O–H groups in total. The van der Waals surface area contributed by atoms with E-state index in [9.17, 15) is 0 Å². The number of unbranched alkanes of at least 4 members (excludes halogenated alkanes) is 2. The molecule has 246 valence electrons. The number of nitrogens with zero attached hydrogens (tertiary/aromatic N) is 2. The maximum atomic E-state index is 6.44. The molecule has 0 spiro atoms. The fraction of sp³-hybridized carbons (Fsp3) is 0.512. The van der Waals surface area contributed by atoms with E-state index in [2.05, 4.69) is 131 Å². The zero-order valence-corrected chi connectivity index (χ0v) is 30.8. The van der Waals surface area contributed by atoms with Crippen LogP contribution < -0.4 is 4.90 Å². The number of anilines is 1. The van der Waals surface area contributed by atoms with Crippen molar-refractivity contribution in [2.45, 2.75) is 113 Å².